The monoisotopic (exact) mass is 443 g/mol. The molecule has 0 fully saturated rings. The number of benzene rings is 3. The van der Waals surface area contributed by atoms with E-state index in [0.29, 0.717) is 10.6 Å². The quantitative estimate of drug-likeness (QED) is 0.157. The first-order chi connectivity index (χ1) is 15.6. The Morgan fingerprint density at radius 3 is 1.72 bits per heavy atom. The number of aromatic nitrogens is 1. The van der Waals surface area contributed by atoms with E-state index in [0.717, 1.165) is 28.6 Å². The zero-order valence-electron chi connectivity index (χ0n) is 17.0. The van der Waals surface area contributed by atoms with Gasteiger partial charge in [0.15, 0.2) is 5.71 Å². The van der Waals surface area contributed by atoms with Crippen LogP contribution in [0, 0.1) is 0 Å². The van der Waals surface area contributed by atoms with E-state index in [2.05, 4.69) is 10.1 Å². The van der Waals surface area contributed by atoms with Crippen LogP contribution < -0.4 is 5.14 Å². The average molecular weight is 444 g/mol. The van der Waals surface area contributed by atoms with Gasteiger partial charge in [0.2, 0.25) is 5.60 Å². The zero-order valence-corrected chi connectivity index (χ0v) is 17.8. The van der Waals surface area contributed by atoms with Crippen molar-refractivity contribution in [3.05, 3.63) is 126 Å². The van der Waals surface area contributed by atoms with Gasteiger partial charge >= 0.3 is 5.97 Å². The van der Waals surface area contributed by atoms with Gasteiger partial charge < -0.3 is 14.9 Å². The highest BCUT2D eigenvalue weighted by Crippen LogP contribution is 2.40. The van der Waals surface area contributed by atoms with Crippen LogP contribution in [0.3, 0.4) is 0 Å². The Balaban J connectivity index is 1.93. The van der Waals surface area contributed by atoms with Gasteiger partial charge in [0.25, 0.3) is 0 Å². The number of rotatable bonds is 8. The number of carboxylic acids is 1. The Morgan fingerprint density at radius 1 is 0.875 bits per heavy atom. The Kier molecular flexibility index (Phi) is 6.39. The molecular weight excluding hydrogens is 422 g/mol. The molecule has 4 aromatic rings. The van der Waals surface area contributed by atoms with Gasteiger partial charge in [-0.2, -0.15) is 0 Å². The summed E-state index contributed by atoms with van der Waals surface area (Å²) in [6.07, 6.45) is 1.54. The Bertz CT molecular complexity index is 1110. The summed E-state index contributed by atoms with van der Waals surface area (Å²) in [7, 11) is 0. The normalized spacial score (nSPS) is 11.8. The molecule has 0 spiro atoms. The van der Waals surface area contributed by atoms with Crippen LogP contribution >= 0.6 is 11.9 Å². The first-order valence-electron chi connectivity index (χ1n) is 9.86. The number of nitrogens with zero attached hydrogens (tertiary/aromatic N) is 1. The molecule has 0 aliphatic carbocycles. The number of nitrogens with one attached hydrogen (secondary N) is 1. The molecule has 0 unspecified atom stereocenters. The molecule has 7 heteroatoms. The minimum atomic E-state index is -1.21. The van der Waals surface area contributed by atoms with Gasteiger partial charge in [-0.1, -0.05) is 96.2 Å². The van der Waals surface area contributed by atoms with Crippen LogP contribution in [-0.4, -0.2) is 21.8 Å². The predicted octanol–water partition coefficient (Wildman–Crippen LogP) is 4.78. The molecule has 0 atom stereocenters. The third-order valence-corrected chi connectivity index (χ3v) is 5.56. The van der Waals surface area contributed by atoms with Crippen molar-refractivity contribution in [1.82, 2.24) is 4.98 Å². The molecule has 6 nitrogen and oxygen atoms in total. The molecule has 0 amide bonds. The molecule has 0 saturated carbocycles. The summed E-state index contributed by atoms with van der Waals surface area (Å²) in [5.74, 6) is -1.21. The van der Waals surface area contributed by atoms with Crippen molar-refractivity contribution in [2.45, 2.75) is 10.6 Å². The molecule has 0 bridgehead atoms. The summed E-state index contributed by atoms with van der Waals surface area (Å²) in [4.78, 5) is 21.2. The van der Waals surface area contributed by atoms with Crippen molar-refractivity contribution in [3.8, 4) is 0 Å². The van der Waals surface area contributed by atoms with E-state index in [-0.39, 0.29) is 5.71 Å². The van der Waals surface area contributed by atoms with Gasteiger partial charge in [0.05, 0.1) is 5.03 Å². The van der Waals surface area contributed by atoms with E-state index in [1.807, 2.05) is 91.0 Å². The molecular formula is C25H21N3O3S. The molecule has 0 aliphatic heterocycles. The predicted molar refractivity (Wildman–Crippen MR) is 125 cm³/mol. The number of nitrogens with two attached hydrogens (primary N) is 1. The highest BCUT2D eigenvalue weighted by molar-refractivity contribution is 7.97. The lowest BCUT2D eigenvalue weighted by Crippen LogP contribution is -2.32. The molecule has 1 aromatic heterocycles. The molecule has 160 valence electrons. The summed E-state index contributed by atoms with van der Waals surface area (Å²) < 4.78 is 0. The van der Waals surface area contributed by atoms with Crippen molar-refractivity contribution < 1.29 is 14.7 Å². The molecule has 4 rings (SSSR count). The van der Waals surface area contributed by atoms with Crippen molar-refractivity contribution in [2.75, 3.05) is 0 Å². The second-order valence-corrected chi connectivity index (χ2v) is 7.66. The first kappa shape index (κ1) is 21.4. The Morgan fingerprint density at radius 2 is 1.34 bits per heavy atom. The fraction of sp³-hybridized carbons (Fsp3) is 0.0400. The lowest BCUT2D eigenvalue weighted by molar-refractivity contribution is -0.129. The summed E-state index contributed by atoms with van der Waals surface area (Å²) in [5.41, 5.74) is 1.43. The standard InChI is InChI=1S/C25H21N3O3S/c26-32-22-16-18(17-27-22)23(24(29)30)28-31-25(19-10-4-1-5-11-19,20-12-6-2-7-13-20)21-14-8-3-9-15-21/h1-17,27H,26H2,(H,29,30). The minimum absolute atomic E-state index is 0.228. The fourth-order valence-corrected chi connectivity index (χ4v) is 3.91. The van der Waals surface area contributed by atoms with E-state index >= 15 is 0 Å². The second-order valence-electron chi connectivity index (χ2n) is 6.99. The van der Waals surface area contributed by atoms with Gasteiger partial charge in [0.1, 0.15) is 0 Å². The Hall–Kier alpha value is -3.81. The number of H-pyrrole nitrogens is 1. The van der Waals surface area contributed by atoms with Crippen LogP contribution in [0.25, 0.3) is 0 Å². The van der Waals surface area contributed by atoms with Crippen LogP contribution in [0.2, 0.25) is 0 Å². The Labute approximate surface area is 189 Å². The first-order valence-corrected chi connectivity index (χ1v) is 10.7. The van der Waals surface area contributed by atoms with E-state index < -0.39 is 11.6 Å². The number of carboxylic acid groups (broad SMARTS) is 1. The highest BCUT2D eigenvalue weighted by Gasteiger charge is 2.40. The number of hydrogen-bond donors (Lipinski definition) is 3. The maximum Gasteiger partial charge on any atom is 0.358 e. The van der Waals surface area contributed by atoms with Crippen molar-refractivity contribution in [2.24, 2.45) is 10.3 Å². The second kappa shape index (κ2) is 9.55. The zero-order chi connectivity index (χ0) is 22.4. The van der Waals surface area contributed by atoms with Crippen molar-refractivity contribution in [3.63, 3.8) is 0 Å². The number of carbonyl (C=O) groups is 1. The van der Waals surface area contributed by atoms with Gasteiger partial charge in [-0.15, -0.1) is 0 Å². The lowest BCUT2D eigenvalue weighted by Gasteiger charge is -2.33. The maximum absolute atomic E-state index is 12.1. The fourth-order valence-electron chi connectivity index (χ4n) is 3.58. The summed E-state index contributed by atoms with van der Waals surface area (Å²) >= 11 is 0.989. The SMILES string of the molecule is NSc1cc(C(=NOC(c2ccccc2)(c2ccccc2)c2ccccc2)C(=O)O)c[nH]1. The average Bonchev–Trinajstić information content (AvgIpc) is 3.32. The number of aliphatic carboxylic acids is 1. The van der Waals surface area contributed by atoms with Crippen LogP contribution in [0.1, 0.15) is 22.3 Å². The van der Waals surface area contributed by atoms with E-state index in [1.54, 1.807) is 12.3 Å². The largest absolute Gasteiger partial charge is 0.476 e. The van der Waals surface area contributed by atoms with Gasteiger partial charge in [-0.05, 0) is 18.0 Å². The molecule has 32 heavy (non-hydrogen) atoms. The molecule has 3 aromatic carbocycles. The van der Waals surface area contributed by atoms with Crippen LogP contribution in [-0.2, 0) is 15.2 Å². The van der Waals surface area contributed by atoms with Crippen molar-refractivity contribution in [1.29, 1.82) is 0 Å². The number of aromatic amines is 1. The number of hydrogen-bond acceptors (Lipinski definition) is 5. The van der Waals surface area contributed by atoms with E-state index in [1.165, 1.54) is 0 Å². The third-order valence-electron chi connectivity index (χ3n) is 5.07. The van der Waals surface area contributed by atoms with Crippen LogP contribution in [0.5, 0.6) is 0 Å². The van der Waals surface area contributed by atoms with E-state index in [9.17, 15) is 9.90 Å². The van der Waals surface area contributed by atoms with Crippen LogP contribution in [0.15, 0.2) is 113 Å². The maximum atomic E-state index is 12.1. The highest BCUT2D eigenvalue weighted by atomic mass is 32.2. The summed E-state index contributed by atoms with van der Waals surface area (Å²) in [6.45, 7) is 0. The smallest absolute Gasteiger partial charge is 0.358 e. The molecule has 0 radical (unpaired) electrons. The molecule has 0 aliphatic rings. The van der Waals surface area contributed by atoms with Gasteiger partial charge in [-0.3, -0.25) is 5.14 Å². The minimum Gasteiger partial charge on any atom is -0.476 e. The molecule has 0 saturated heterocycles. The van der Waals surface area contributed by atoms with Crippen LogP contribution in [0.4, 0.5) is 0 Å². The van der Waals surface area contributed by atoms with Gasteiger partial charge in [-0.25, -0.2) is 4.79 Å². The van der Waals surface area contributed by atoms with Crippen molar-refractivity contribution >= 4 is 23.6 Å². The number of oxime groups is 1. The van der Waals surface area contributed by atoms with Gasteiger partial charge in [0, 0.05) is 28.5 Å². The molecule has 1 heterocycles. The third kappa shape index (κ3) is 4.16. The summed E-state index contributed by atoms with van der Waals surface area (Å²) in [6, 6.07) is 30.5. The van der Waals surface area contributed by atoms with E-state index in [4.69, 9.17) is 9.98 Å². The summed E-state index contributed by atoms with van der Waals surface area (Å²) in [5, 5.41) is 20.2. The lowest BCUT2D eigenvalue weighted by atomic mass is 9.80. The molecule has 4 N–H and O–H groups in total. The topological polar surface area (TPSA) is 101 Å².